The van der Waals surface area contributed by atoms with Gasteiger partial charge in [0.15, 0.2) is 0 Å². The second-order valence-corrected chi connectivity index (χ2v) is 10.6. The maximum Gasteiger partial charge on any atom is 0.137 e. The molecule has 3 heterocycles. The van der Waals surface area contributed by atoms with Gasteiger partial charge in [0.1, 0.15) is 10.7 Å². The van der Waals surface area contributed by atoms with Gasteiger partial charge in [-0.25, -0.2) is 9.97 Å². The average molecular weight is 504 g/mol. The molecule has 0 atom stereocenters. The molecule has 5 aromatic carbocycles. The molecule has 0 aliphatic rings. The van der Waals surface area contributed by atoms with Crippen molar-refractivity contribution in [3.63, 3.8) is 0 Å². The van der Waals surface area contributed by atoms with Gasteiger partial charge in [-0.15, -0.1) is 11.3 Å². The van der Waals surface area contributed by atoms with Gasteiger partial charge >= 0.3 is 0 Å². The summed E-state index contributed by atoms with van der Waals surface area (Å²) in [6.07, 6.45) is 2.11. The van der Waals surface area contributed by atoms with E-state index < -0.39 is 0 Å². The molecule has 3 nitrogen and oxygen atoms in total. The lowest BCUT2D eigenvalue weighted by Gasteiger charge is -2.10. The molecule has 8 rings (SSSR count). The summed E-state index contributed by atoms with van der Waals surface area (Å²) in [5.41, 5.74) is 10.1. The standard InChI is InChI=1S/C34H21N3S/c1-2-9-22(10-3-1)34-35-29-17-16-24(21-30(29)38-34)23-12-8-13-25(19-23)28-20-26-11-4-5-14-27(26)32-33(28)37-18-7-6-15-31(37)36-32/h1-21H. The van der Waals surface area contributed by atoms with Crippen molar-refractivity contribution in [1.29, 1.82) is 0 Å². The molecule has 0 aliphatic carbocycles. The van der Waals surface area contributed by atoms with E-state index in [1.807, 2.05) is 12.1 Å². The van der Waals surface area contributed by atoms with Crippen molar-refractivity contribution < 1.29 is 0 Å². The van der Waals surface area contributed by atoms with Gasteiger partial charge in [-0.2, -0.15) is 0 Å². The topological polar surface area (TPSA) is 30.2 Å². The lowest BCUT2D eigenvalue weighted by molar-refractivity contribution is 1.23. The molecule has 0 saturated heterocycles. The molecule has 3 aromatic heterocycles. The van der Waals surface area contributed by atoms with E-state index in [-0.39, 0.29) is 0 Å². The summed E-state index contributed by atoms with van der Waals surface area (Å²) in [6, 6.07) is 42.8. The minimum absolute atomic E-state index is 0.959. The highest BCUT2D eigenvalue weighted by Crippen LogP contribution is 2.38. The first-order valence-corrected chi connectivity index (χ1v) is 13.5. The number of aromatic nitrogens is 3. The Morgan fingerprint density at radius 3 is 2.32 bits per heavy atom. The molecule has 8 aromatic rings. The summed E-state index contributed by atoms with van der Waals surface area (Å²) in [5, 5.41) is 3.43. The van der Waals surface area contributed by atoms with Crippen molar-refractivity contribution in [2.45, 2.75) is 0 Å². The molecule has 0 unspecified atom stereocenters. The van der Waals surface area contributed by atoms with Crippen LogP contribution >= 0.6 is 11.3 Å². The highest BCUT2D eigenvalue weighted by molar-refractivity contribution is 7.21. The number of thiazole rings is 1. The predicted octanol–water partition coefficient (Wildman–Crippen LogP) is 9.25. The van der Waals surface area contributed by atoms with Crippen LogP contribution in [0.25, 0.3) is 70.5 Å². The molecular weight excluding hydrogens is 482 g/mol. The Bertz CT molecular complexity index is 2140. The monoisotopic (exact) mass is 503 g/mol. The summed E-state index contributed by atoms with van der Waals surface area (Å²) < 4.78 is 3.40. The van der Waals surface area contributed by atoms with Gasteiger partial charge < -0.3 is 0 Å². The summed E-state index contributed by atoms with van der Waals surface area (Å²) >= 11 is 1.74. The van der Waals surface area contributed by atoms with Crippen LogP contribution < -0.4 is 0 Å². The van der Waals surface area contributed by atoms with Crippen LogP contribution in [0.15, 0.2) is 128 Å². The van der Waals surface area contributed by atoms with Crippen molar-refractivity contribution in [3.05, 3.63) is 128 Å². The van der Waals surface area contributed by atoms with Gasteiger partial charge in [-0.3, -0.25) is 4.40 Å². The fourth-order valence-corrected chi connectivity index (χ4v) is 6.41. The van der Waals surface area contributed by atoms with Crippen LogP contribution in [0.4, 0.5) is 0 Å². The first-order chi connectivity index (χ1) is 18.8. The van der Waals surface area contributed by atoms with Crippen LogP contribution in [0.5, 0.6) is 0 Å². The molecule has 0 amide bonds. The lowest BCUT2D eigenvalue weighted by Crippen LogP contribution is -1.89. The van der Waals surface area contributed by atoms with Gasteiger partial charge in [0.2, 0.25) is 0 Å². The molecule has 178 valence electrons. The van der Waals surface area contributed by atoms with Crippen LogP contribution in [0.2, 0.25) is 0 Å². The number of hydrogen-bond donors (Lipinski definition) is 0. The van der Waals surface area contributed by atoms with Crippen LogP contribution in [0.1, 0.15) is 0 Å². The fraction of sp³-hybridized carbons (Fsp3) is 0. The Kier molecular flexibility index (Phi) is 4.69. The van der Waals surface area contributed by atoms with E-state index >= 15 is 0 Å². The van der Waals surface area contributed by atoms with Gasteiger partial charge in [0.25, 0.3) is 0 Å². The largest absolute Gasteiger partial charge is 0.299 e. The number of pyridine rings is 1. The molecule has 38 heavy (non-hydrogen) atoms. The van der Waals surface area contributed by atoms with E-state index in [0.717, 1.165) is 32.8 Å². The fourth-order valence-electron chi connectivity index (χ4n) is 5.40. The summed E-state index contributed by atoms with van der Waals surface area (Å²) in [4.78, 5) is 9.91. The smallest absolute Gasteiger partial charge is 0.137 e. The Hall–Kier alpha value is -4.80. The van der Waals surface area contributed by atoms with E-state index in [0.29, 0.717) is 0 Å². The molecule has 0 N–H and O–H groups in total. The second kappa shape index (κ2) is 8.37. The average Bonchev–Trinajstić information content (AvgIpc) is 3.59. The van der Waals surface area contributed by atoms with Crippen molar-refractivity contribution >= 4 is 49.0 Å². The third-order valence-corrected chi connectivity index (χ3v) is 8.28. The van der Waals surface area contributed by atoms with Gasteiger partial charge in [-0.05, 0) is 58.5 Å². The third kappa shape index (κ3) is 3.35. The SMILES string of the molecule is c1ccc(-c2nc3ccc(-c4cccc(-c5cc6ccccc6c6nc7ccccn7c56)c4)cc3s2)cc1. The minimum atomic E-state index is 0.959. The van der Waals surface area contributed by atoms with Crippen molar-refractivity contribution in [1.82, 2.24) is 14.4 Å². The van der Waals surface area contributed by atoms with Crippen LogP contribution in [-0.2, 0) is 0 Å². The zero-order chi connectivity index (χ0) is 25.1. The normalized spacial score (nSPS) is 11.7. The van der Waals surface area contributed by atoms with E-state index in [4.69, 9.17) is 9.97 Å². The van der Waals surface area contributed by atoms with E-state index in [1.54, 1.807) is 11.3 Å². The third-order valence-electron chi connectivity index (χ3n) is 7.22. The van der Waals surface area contributed by atoms with Crippen LogP contribution in [0, 0.1) is 0 Å². The minimum Gasteiger partial charge on any atom is -0.299 e. The Balaban J connectivity index is 1.30. The Morgan fingerprint density at radius 2 is 1.37 bits per heavy atom. The van der Waals surface area contributed by atoms with Crippen molar-refractivity contribution in [2.75, 3.05) is 0 Å². The van der Waals surface area contributed by atoms with Crippen LogP contribution in [0.3, 0.4) is 0 Å². The maximum absolute atomic E-state index is 5.03. The lowest BCUT2D eigenvalue weighted by atomic mass is 9.96. The van der Waals surface area contributed by atoms with E-state index in [2.05, 4.69) is 120 Å². The maximum atomic E-state index is 5.03. The number of benzene rings is 5. The highest BCUT2D eigenvalue weighted by atomic mass is 32.1. The second-order valence-electron chi connectivity index (χ2n) is 9.53. The van der Waals surface area contributed by atoms with Gasteiger partial charge in [0.05, 0.1) is 21.3 Å². The molecule has 0 aliphatic heterocycles. The Morgan fingerprint density at radius 1 is 0.579 bits per heavy atom. The zero-order valence-electron chi connectivity index (χ0n) is 20.4. The van der Waals surface area contributed by atoms with E-state index in [1.165, 1.54) is 37.7 Å². The molecular formula is C34H21N3S. The van der Waals surface area contributed by atoms with Gasteiger partial charge in [-0.1, -0.05) is 84.9 Å². The van der Waals surface area contributed by atoms with E-state index in [9.17, 15) is 0 Å². The highest BCUT2D eigenvalue weighted by Gasteiger charge is 2.15. The molecule has 0 spiro atoms. The number of imidazole rings is 1. The zero-order valence-corrected chi connectivity index (χ0v) is 21.2. The van der Waals surface area contributed by atoms with Crippen molar-refractivity contribution in [2.24, 2.45) is 0 Å². The number of nitrogens with zero attached hydrogens (tertiary/aromatic N) is 3. The van der Waals surface area contributed by atoms with Crippen LogP contribution in [-0.4, -0.2) is 14.4 Å². The predicted molar refractivity (Wildman–Crippen MR) is 160 cm³/mol. The summed E-state index contributed by atoms with van der Waals surface area (Å²) in [6.45, 7) is 0. The molecule has 0 bridgehead atoms. The first kappa shape index (κ1) is 21.3. The summed E-state index contributed by atoms with van der Waals surface area (Å²) in [5.74, 6) is 0. The molecule has 4 heteroatoms. The molecule has 0 fully saturated rings. The number of rotatable bonds is 3. The summed E-state index contributed by atoms with van der Waals surface area (Å²) in [7, 11) is 0. The van der Waals surface area contributed by atoms with Crippen molar-refractivity contribution in [3.8, 4) is 32.8 Å². The first-order valence-electron chi connectivity index (χ1n) is 12.7. The Labute approximate surface area is 223 Å². The molecule has 0 radical (unpaired) electrons. The van der Waals surface area contributed by atoms with Gasteiger partial charge in [0, 0.05) is 22.7 Å². The number of fused-ring (bicyclic) bond motifs is 6. The molecule has 0 saturated carbocycles. The quantitative estimate of drug-likeness (QED) is 0.240. The number of hydrogen-bond acceptors (Lipinski definition) is 3.